The Morgan fingerprint density at radius 1 is 1.35 bits per heavy atom. The molecule has 0 saturated heterocycles. The van der Waals surface area contributed by atoms with Crippen LogP contribution in [0.4, 0.5) is 10.5 Å². The largest absolute Gasteiger partial charge is 0.474 e. The Kier molecular flexibility index (Phi) is 5.53. The zero-order valence-corrected chi connectivity index (χ0v) is 20.0. The van der Waals surface area contributed by atoms with Crippen molar-refractivity contribution in [1.82, 2.24) is 19.5 Å². The van der Waals surface area contributed by atoms with Gasteiger partial charge in [0.1, 0.15) is 19.3 Å². The van der Waals surface area contributed by atoms with Crippen molar-refractivity contribution >= 4 is 21.7 Å². The lowest BCUT2D eigenvalue weighted by molar-refractivity contribution is 0.00159. The van der Waals surface area contributed by atoms with Crippen molar-refractivity contribution in [1.29, 1.82) is 0 Å². The third kappa shape index (κ3) is 3.91. The molecule has 1 unspecified atom stereocenters. The van der Waals surface area contributed by atoms with E-state index in [1.165, 1.54) is 10.9 Å². The van der Waals surface area contributed by atoms with Crippen LogP contribution < -0.4 is 14.8 Å². The van der Waals surface area contributed by atoms with Crippen molar-refractivity contribution < 1.29 is 22.7 Å². The number of sulfonamides is 1. The average Bonchev–Trinajstić information content (AvgIpc) is 3.49. The molecule has 1 aliphatic heterocycles. The molecule has 0 radical (unpaired) electrons. The van der Waals surface area contributed by atoms with Gasteiger partial charge in [-0.3, -0.25) is 4.98 Å². The maximum atomic E-state index is 13.0. The second kappa shape index (κ2) is 8.29. The molecule has 2 aliphatic carbocycles. The number of aryl methyl sites for hydroxylation is 1. The first-order chi connectivity index (χ1) is 16.2. The molecule has 2 N–H and O–H groups in total. The Morgan fingerprint density at radius 2 is 2.18 bits per heavy atom. The summed E-state index contributed by atoms with van der Waals surface area (Å²) in [4.78, 5) is 17.6. The summed E-state index contributed by atoms with van der Waals surface area (Å²) in [6.45, 7) is 4.84. The SMILES string of the molecule is C#CCOC1COc2c(S(=O)(=O)NC(=O)Nc3c4c(nc5c3CCC5(C)C)CCC4)cnn2C1. The van der Waals surface area contributed by atoms with Crippen LogP contribution in [0.2, 0.25) is 0 Å². The number of carbonyl (C=O) groups excluding carboxylic acids is 1. The number of hydrogen-bond acceptors (Lipinski definition) is 7. The van der Waals surface area contributed by atoms with E-state index in [9.17, 15) is 13.2 Å². The zero-order chi connectivity index (χ0) is 24.1. The molecule has 2 aromatic rings. The van der Waals surface area contributed by atoms with Gasteiger partial charge in [-0.2, -0.15) is 5.10 Å². The summed E-state index contributed by atoms with van der Waals surface area (Å²) in [6.07, 6.45) is 10.4. The number of nitrogens with one attached hydrogen (secondary N) is 2. The Balaban J connectivity index is 1.36. The summed E-state index contributed by atoms with van der Waals surface area (Å²) < 4.78 is 40.6. The van der Waals surface area contributed by atoms with Crippen molar-refractivity contribution in [3.63, 3.8) is 0 Å². The van der Waals surface area contributed by atoms with E-state index in [1.807, 2.05) is 0 Å². The minimum Gasteiger partial charge on any atom is -0.474 e. The number of hydrogen-bond donors (Lipinski definition) is 2. The highest BCUT2D eigenvalue weighted by Gasteiger charge is 2.37. The molecule has 3 aliphatic rings. The first-order valence-electron chi connectivity index (χ1n) is 11.3. The van der Waals surface area contributed by atoms with Crippen LogP contribution in [0.1, 0.15) is 49.2 Å². The third-order valence-electron chi connectivity index (χ3n) is 6.67. The number of anilines is 1. The molecule has 11 heteroatoms. The summed E-state index contributed by atoms with van der Waals surface area (Å²) in [5, 5.41) is 6.92. The molecule has 0 bridgehead atoms. The number of aromatic nitrogens is 3. The number of fused-ring (bicyclic) bond motifs is 3. The van der Waals surface area contributed by atoms with Gasteiger partial charge in [0.05, 0.1) is 24.1 Å². The van der Waals surface area contributed by atoms with E-state index < -0.39 is 16.1 Å². The minimum atomic E-state index is -4.22. The van der Waals surface area contributed by atoms with Gasteiger partial charge < -0.3 is 14.8 Å². The molecule has 10 nitrogen and oxygen atoms in total. The first kappa shape index (κ1) is 22.7. The van der Waals surface area contributed by atoms with Crippen molar-refractivity contribution in [2.24, 2.45) is 0 Å². The fourth-order valence-electron chi connectivity index (χ4n) is 4.95. The summed E-state index contributed by atoms with van der Waals surface area (Å²) in [5.74, 6) is 2.45. The van der Waals surface area contributed by atoms with Gasteiger partial charge in [0.25, 0.3) is 10.0 Å². The molecule has 180 valence electrons. The van der Waals surface area contributed by atoms with E-state index >= 15 is 0 Å². The minimum absolute atomic E-state index is 0.0632. The van der Waals surface area contributed by atoms with E-state index in [4.69, 9.17) is 20.9 Å². The molecule has 0 aromatic carbocycles. The lowest BCUT2D eigenvalue weighted by Gasteiger charge is -2.24. The highest BCUT2D eigenvalue weighted by atomic mass is 32.2. The third-order valence-corrected chi connectivity index (χ3v) is 7.98. The van der Waals surface area contributed by atoms with Gasteiger partial charge >= 0.3 is 6.03 Å². The number of ether oxygens (including phenoxy) is 2. The van der Waals surface area contributed by atoms with Gasteiger partial charge in [0.15, 0.2) is 4.90 Å². The molecule has 0 spiro atoms. The van der Waals surface area contributed by atoms with Crippen LogP contribution in [0.3, 0.4) is 0 Å². The number of urea groups is 1. The molecule has 2 amide bonds. The monoisotopic (exact) mass is 485 g/mol. The second-order valence-electron chi connectivity index (χ2n) is 9.48. The van der Waals surface area contributed by atoms with Crippen molar-refractivity contribution in [3.8, 4) is 18.2 Å². The van der Waals surface area contributed by atoms with E-state index in [1.54, 1.807) is 0 Å². The van der Waals surface area contributed by atoms with Crippen molar-refractivity contribution in [2.45, 2.75) is 68.9 Å². The van der Waals surface area contributed by atoms with Crippen LogP contribution >= 0.6 is 0 Å². The summed E-state index contributed by atoms with van der Waals surface area (Å²) in [6, 6.07) is -0.821. The van der Waals surface area contributed by atoms with E-state index in [2.05, 4.69) is 34.9 Å². The molecule has 2 aromatic heterocycles. The number of amides is 2. The normalized spacial score (nSPS) is 20.0. The van der Waals surface area contributed by atoms with Crippen LogP contribution in [0, 0.1) is 12.3 Å². The van der Waals surface area contributed by atoms with Crippen LogP contribution in [0.25, 0.3) is 0 Å². The molecule has 0 fully saturated rings. The van der Waals surface area contributed by atoms with Crippen LogP contribution in [0.15, 0.2) is 11.1 Å². The molecule has 5 rings (SSSR count). The molecule has 3 heterocycles. The summed E-state index contributed by atoms with van der Waals surface area (Å²) in [7, 11) is -4.22. The Hall–Kier alpha value is -3.10. The molecule has 1 atom stereocenters. The molecule has 34 heavy (non-hydrogen) atoms. The highest BCUT2D eigenvalue weighted by molar-refractivity contribution is 7.90. The Morgan fingerprint density at radius 3 is 2.97 bits per heavy atom. The van der Waals surface area contributed by atoms with Gasteiger partial charge in [-0.25, -0.2) is 22.6 Å². The molecular formula is C23H27N5O5S. The number of carbonyl (C=O) groups is 1. The number of nitrogens with zero attached hydrogens (tertiary/aromatic N) is 3. The van der Waals surface area contributed by atoms with Gasteiger partial charge in [-0.15, -0.1) is 6.42 Å². The van der Waals surface area contributed by atoms with Gasteiger partial charge in [0.2, 0.25) is 5.88 Å². The highest BCUT2D eigenvalue weighted by Crippen LogP contribution is 2.44. The van der Waals surface area contributed by atoms with Gasteiger partial charge in [0, 0.05) is 11.1 Å². The topological polar surface area (TPSA) is 124 Å². The van der Waals surface area contributed by atoms with E-state index in [0.717, 1.165) is 54.6 Å². The van der Waals surface area contributed by atoms with Crippen molar-refractivity contribution in [2.75, 3.05) is 18.5 Å². The lowest BCUT2D eigenvalue weighted by atomic mass is 9.90. The second-order valence-corrected chi connectivity index (χ2v) is 11.1. The zero-order valence-electron chi connectivity index (χ0n) is 19.2. The molecular weight excluding hydrogens is 458 g/mol. The van der Waals surface area contributed by atoms with Crippen LogP contribution in [0.5, 0.6) is 5.88 Å². The predicted octanol–water partition coefficient (Wildman–Crippen LogP) is 1.91. The number of pyridine rings is 1. The van der Waals surface area contributed by atoms with E-state index in [-0.39, 0.29) is 35.5 Å². The predicted molar refractivity (Wildman–Crippen MR) is 123 cm³/mol. The average molecular weight is 486 g/mol. The fraction of sp³-hybridized carbons (Fsp3) is 0.522. The first-order valence-corrected chi connectivity index (χ1v) is 12.8. The maximum Gasteiger partial charge on any atom is 0.333 e. The Labute approximate surface area is 198 Å². The van der Waals surface area contributed by atoms with Crippen LogP contribution in [-0.4, -0.2) is 48.5 Å². The smallest absolute Gasteiger partial charge is 0.333 e. The quantitative estimate of drug-likeness (QED) is 0.620. The Bertz CT molecular complexity index is 1310. The fourth-order valence-corrected chi connectivity index (χ4v) is 5.94. The maximum absolute atomic E-state index is 13.0. The van der Waals surface area contributed by atoms with Crippen molar-refractivity contribution in [3.05, 3.63) is 28.7 Å². The van der Waals surface area contributed by atoms with Gasteiger partial charge in [-0.05, 0) is 43.2 Å². The molecule has 0 saturated carbocycles. The standard InChI is InChI=1S/C23H27N5O5S/c1-4-10-32-14-12-28-21(33-13-14)18(11-24-28)34(30,31)27-22(29)26-19-15-6-5-7-17(15)25-20-16(19)8-9-23(20,2)3/h1,11,14H,5-10,12-13H2,2-3H3,(H2,25,26,27,29). The summed E-state index contributed by atoms with van der Waals surface area (Å²) in [5.41, 5.74) is 4.62. The number of terminal acetylenes is 1. The van der Waals surface area contributed by atoms with Crippen LogP contribution in [-0.2, 0) is 46.0 Å². The number of rotatable bonds is 5. The van der Waals surface area contributed by atoms with E-state index in [0.29, 0.717) is 12.2 Å². The lowest BCUT2D eigenvalue weighted by Crippen LogP contribution is -2.36. The van der Waals surface area contributed by atoms with Gasteiger partial charge in [-0.1, -0.05) is 19.8 Å². The summed E-state index contributed by atoms with van der Waals surface area (Å²) >= 11 is 0.